The number of carbonyl (C=O) groups excluding carboxylic acids is 2. The van der Waals surface area contributed by atoms with Crippen LogP contribution in [0.3, 0.4) is 0 Å². The normalized spacial score (nSPS) is 15.5. The van der Waals surface area contributed by atoms with Gasteiger partial charge in [0.15, 0.2) is 0 Å². The Kier molecular flexibility index (Phi) is 7.11. The average Bonchev–Trinajstić information content (AvgIpc) is 3.40. The fourth-order valence-electron chi connectivity index (χ4n) is 4.47. The largest absolute Gasteiger partial charge is 0.492 e. The van der Waals surface area contributed by atoms with E-state index in [0.29, 0.717) is 38.4 Å². The lowest BCUT2D eigenvalue weighted by molar-refractivity contribution is -0.130. The van der Waals surface area contributed by atoms with Gasteiger partial charge in [0.25, 0.3) is 0 Å². The highest BCUT2D eigenvalue weighted by Crippen LogP contribution is 2.37. The molecular weight excluding hydrogens is 428 g/mol. The van der Waals surface area contributed by atoms with E-state index >= 15 is 0 Å². The van der Waals surface area contributed by atoms with E-state index in [-0.39, 0.29) is 24.3 Å². The van der Waals surface area contributed by atoms with Gasteiger partial charge in [-0.05, 0) is 31.2 Å². The highest BCUT2D eigenvalue weighted by Gasteiger charge is 2.36. The van der Waals surface area contributed by atoms with Crippen LogP contribution >= 0.6 is 0 Å². The summed E-state index contributed by atoms with van der Waals surface area (Å²) in [4.78, 5) is 34.6. The van der Waals surface area contributed by atoms with Crippen molar-refractivity contribution in [2.45, 2.75) is 25.8 Å². The fourth-order valence-corrected chi connectivity index (χ4v) is 4.47. The molecule has 1 aliphatic rings. The number of ether oxygens (including phenoxy) is 1. The van der Waals surface area contributed by atoms with Gasteiger partial charge in [-0.15, -0.1) is 13.2 Å². The van der Waals surface area contributed by atoms with Gasteiger partial charge in [-0.2, -0.15) is 0 Å². The average molecular weight is 459 g/mol. The number of para-hydroxylation sites is 4. The van der Waals surface area contributed by atoms with Crippen molar-refractivity contribution in [3.05, 3.63) is 79.7 Å². The minimum atomic E-state index is -0.144. The topological polar surface area (TPSA) is 67.7 Å². The van der Waals surface area contributed by atoms with Gasteiger partial charge < -0.3 is 19.1 Å². The minimum absolute atomic E-state index is 0.0158. The number of hydrogen-bond donors (Lipinski definition) is 0. The number of carbonyl (C=O) groups is 2. The smallest absolute Gasteiger partial charge is 0.243 e. The summed E-state index contributed by atoms with van der Waals surface area (Å²) in [5, 5.41) is 0. The predicted molar refractivity (Wildman–Crippen MR) is 134 cm³/mol. The fraction of sp³-hybridized carbons (Fsp3) is 0.296. The maximum Gasteiger partial charge on any atom is 0.243 e. The van der Waals surface area contributed by atoms with Crippen LogP contribution in [0.4, 0.5) is 5.69 Å². The van der Waals surface area contributed by atoms with Gasteiger partial charge in [-0.25, -0.2) is 4.98 Å². The second-order valence-corrected chi connectivity index (χ2v) is 8.23. The van der Waals surface area contributed by atoms with Crippen molar-refractivity contribution in [3.8, 4) is 5.75 Å². The molecular formula is C27H30N4O3. The van der Waals surface area contributed by atoms with Gasteiger partial charge in [0.2, 0.25) is 11.8 Å². The van der Waals surface area contributed by atoms with Crippen molar-refractivity contribution in [1.82, 2.24) is 14.5 Å². The Bertz CT molecular complexity index is 1210. The maximum absolute atomic E-state index is 13.2. The molecule has 0 N–H and O–H groups in total. The molecule has 7 nitrogen and oxygen atoms in total. The van der Waals surface area contributed by atoms with E-state index in [2.05, 4.69) is 13.2 Å². The summed E-state index contributed by atoms with van der Waals surface area (Å²) in [6.07, 6.45) is 3.73. The molecule has 1 fully saturated rings. The number of aromatic nitrogens is 2. The van der Waals surface area contributed by atoms with Crippen molar-refractivity contribution < 1.29 is 14.3 Å². The molecule has 1 aromatic heterocycles. The van der Waals surface area contributed by atoms with Crippen LogP contribution in [0.5, 0.6) is 5.75 Å². The third kappa shape index (κ3) is 4.59. The first kappa shape index (κ1) is 23.3. The first-order chi connectivity index (χ1) is 16.6. The van der Waals surface area contributed by atoms with Crippen LogP contribution < -0.4 is 9.64 Å². The van der Waals surface area contributed by atoms with E-state index in [1.165, 1.54) is 0 Å². The van der Waals surface area contributed by atoms with Crippen molar-refractivity contribution in [1.29, 1.82) is 0 Å². The molecule has 1 saturated heterocycles. The number of amides is 2. The van der Waals surface area contributed by atoms with Crippen LogP contribution in [0, 0.1) is 0 Å². The molecule has 0 spiro atoms. The molecule has 1 atom stereocenters. The van der Waals surface area contributed by atoms with Crippen molar-refractivity contribution in [3.63, 3.8) is 0 Å². The van der Waals surface area contributed by atoms with Gasteiger partial charge in [-0.1, -0.05) is 36.4 Å². The molecule has 4 rings (SSSR count). The minimum Gasteiger partial charge on any atom is -0.492 e. The second kappa shape index (κ2) is 10.4. The molecule has 176 valence electrons. The monoisotopic (exact) mass is 458 g/mol. The SMILES string of the molecule is C=CCN(CC=C)C(=O)Cn1c(C2CC(=O)N(c3ccccc3OCC)C2)nc2ccccc21. The molecule has 3 aromatic rings. The molecule has 0 radical (unpaired) electrons. The molecule has 0 aliphatic carbocycles. The van der Waals surface area contributed by atoms with Gasteiger partial charge in [0, 0.05) is 32.0 Å². The summed E-state index contributed by atoms with van der Waals surface area (Å²) in [5.41, 5.74) is 2.45. The van der Waals surface area contributed by atoms with Crippen molar-refractivity contribution in [2.75, 3.05) is 31.1 Å². The summed E-state index contributed by atoms with van der Waals surface area (Å²) in [7, 11) is 0. The van der Waals surface area contributed by atoms with Crippen LogP contribution in [-0.2, 0) is 16.1 Å². The first-order valence-electron chi connectivity index (χ1n) is 11.5. The number of benzene rings is 2. The van der Waals surface area contributed by atoms with E-state index in [1.54, 1.807) is 22.0 Å². The van der Waals surface area contributed by atoms with Crippen LogP contribution in [0.25, 0.3) is 11.0 Å². The third-order valence-corrected chi connectivity index (χ3v) is 5.98. The van der Waals surface area contributed by atoms with Crippen molar-refractivity contribution >= 4 is 28.5 Å². The molecule has 2 amide bonds. The quantitative estimate of drug-likeness (QED) is 0.428. The second-order valence-electron chi connectivity index (χ2n) is 8.23. The first-order valence-corrected chi connectivity index (χ1v) is 11.5. The summed E-state index contributed by atoms with van der Waals surface area (Å²) >= 11 is 0. The van der Waals surface area contributed by atoms with Crippen LogP contribution in [0.1, 0.15) is 25.1 Å². The number of rotatable bonds is 10. The zero-order chi connectivity index (χ0) is 24.1. The molecule has 2 heterocycles. The van der Waals surface area contributed by atoms with Gasteiger partial charge in [0.05, 0.1) is 23.3 Å². The summed E-state index contributed by atoms with van der Waals surface area (Å²) in [6.45, 7) is 11.5. The highest BCUT2D eigenvalue weighted by molar-refractivity contribution is 5.98. The Balaban J connectivity index is 1.67. The number of fused-ring (bicyclic) bond motifs is 1. The number of imidazole rings is 1. The van der Waals surface area contributed by atoms with Gasteiger partial charge in [0.1, 0.15) is 18.1 Å². The van der Waals surface area contributed by atoms with Crippen LogP contribution in [-0.4, -0.2) is 52.5 Å². The van der Waals surface area contributed by atoms with E-state index in [9.17, 15) is 9.59 Å². The summed E-state index contributed by atoms with van der Waals surface area (Å²) in [5.74, 6) is 1.26. The standard InChI is InChI=1S/C27H30N4O3/c1-4-15-29(16-5-2)26(33)19-31-22-12-8-7-11-21(22)28-27(31)20-17-25(32)30(18-20)23-13-9-10-14-24(23)34-6-3/h4-5,7-14,20H,1-2,6,15-19H2,3H3. The van der Waals surface area contributed by atoms with Crippen LogP contribution in [0.15, 0.2) is 73.8 Å². The Morgan fingerprint density at radius 3 is 2.59 bits per heavy atom. The van der Waals surface area contributed by atoms with Crippen LogP contribution in [0.2, 0.25) is 0 Å². The molecule has 0 saturated carbocycles. The lowest BCUT2D eigenvalue weighted by Gasteiger charge is -2.22. The van der Waals surface area contributed by atoms with E-state index in [1.807, 2.05) is 60.0 Å². The zero-order valence-electron chi connectivity index (χ0n) is 19.5. The van der Waals surface area contributed by atoms with E-state index < -0.39 is 0 Å². The number of anilines is 1. The van der Waals surface area contributed by atoms with Gasteiger partial charge in [-0.3, -0.25) is 9.59 Å². The molecule has 34 heavy (non-hydrogen) atoms. The Labute approximate surface area is 199 Å². The van der Waals surface area contributed by atoms with E-state index in [4.69, 9.17) is 9.72 Å². The number of hydrogen-bond acceptors (Lipinski definition) is 4. The Hall–Kier alpha value is -3.87. The molecule has 1 aliphatic heterocycles. The van der Waals surface area contributed by atoms with E-state index in [0.717, 1.165) is 22.5 Å². The summed E-state index contributed by atoms with van der Waals surface area (Å²) < 4.78 is 7.71. The molecule has 0 bridgehead atoms. The lowest BCUT2D eigenvalue weighted by atomic mass is 10.1. The Morgan fingerprint density at radius 1 is 1.15 bits per heavy atom. The summed E-state index contributed by atoms with van der Waals surface area (Å²) in [6, 6.07) is 15.3. The highest BCUT2D eigenvalue weighted by atomic mass is 16.5. The molecule has 1 unspecified atom stereocenters. The predicted octanol–water partition coefficient (Wildman–Crippen LogP) is 4.16. The van der Waals surface area contributed by atoms with Crippen molar-refractivity contribution in [2.24, 2.45) is 0 Å². The lowest BCUT2D eigenvalue weighted by Crippen LogP contribution is -2.34. The molecule has 7 heteroatoms. The van der Waals surface area contributed by atoms with Gasteiger partial charge >= 0.3 is 0 Å². The maximum atomic E-state index is 13.2. The number of nitrogens with zero attached hydrogens (tertiary/aromatic N) is 4. The molecule has 2 aromatic carbocycles. The third-order valence-electron chi connectivity index (χ3n) is 5.98. The zero-order valence-corrected chi connectivity index (χ0v) is 19.5. The Morgan fingerprint density at radius 2 is 1.85 bits per heavy atom.